The Labute approximate surface area is 81.8 Å². The largest absolute Gasteiger partial charge is 1.00 e. The average molecular weight is 254 g/mol. The van der Waals surface area contributed by atoms with Crippen LogP contribution in [0.15, 0.2) is 0 Å². The molecule has 1 unspecified atom stereocenters. The van der Waals surface area contributed by atoms with Crippen molar-refractivity contribution >= 4 is 5.97 Å². The molecule has 0 bridgehead atoms. The molecule has 4 nitrogen and oxygen atoms in total. The van der Waals surface area contributed by atoms with Crippen LogP contribution in [-0.4, -0.2) is 23.7 Å². The van der Waals surface area contributed by atoms with Gasteiger partial charge in [-0.05, 0) is 19.4 Å². The molecule has 0 radical (unpaired) electrons. The van der Waals surface area contributed by atoms with Crippen LogP contribution in [0.4, 0.5) is 0 Å². The number of hydrogen-bond acceptors (Lipinski definition) is 3. The maximum absolute atomic E-state index is 10.1. The van der Waals surface area contributed by atoms with Crippen LogP contribution in [0.1, 0.15) is 19.3 Å². The minimum Gasteiger partial charge on any atom is -0.480 e. The second kappa shape index (κ2) is 8.23. The quantitative estimate of drug-likeness (QED) is 0.457. The Bertz CT molecular complexity index is 111. The molecule has 0 saturated carbocycles. The minimum absolute atomic E-state index is 0. The third kappa shape index (κ3) is 8.03. The van der Waals surface area contributed by atoms with Crippen molar-refractivity contribution in [2.45, 2.75) is 25.3 Å². The molecule has 11 heavy (non-hydrogen) atoms. The van der Waals surface area contributed by atoms with Crippen molar-refractivity contribution in [1.82, 2.24) is 0 Å². The van der Waals surface area contributed by atoms with Gasteiger partial charge in [0.2, 0.25) is 0 Å². The fourth-order valence-electron chi connectivity index (χ4n) is 0.632. The fraction of sp³-hybridized carbons (Fsp3) is 0.833. The predicted octanol–water partition coefficient (Wildman–Crippen LogP) is -0.475. The Kier molecular flexibility index (Phi) is 10.3. The fourth-order valence-corrected chi connectivity index (χ4v) is 0.632. The first kappa shape index (κ1) is 13.7. The van der Waals surface area contributed by atoms with Crippen molar-refractivity contribution in [3.8, 4) is 0 Å². The van der Waals surface area contributed by atoms with Gasteiger partial charge < -0.3 is 16.6 Å². The van der Waals surface area contributed by atoms with Crippen molar-refractivity contribution in [2.75, 3.05) is 6.54 Å². The van der Waals surface area contributed by atoms with E-state index in [1.807, 2.05) is 0 Å². The molecule has 0 aromatic carbocycles. The first-order chi connectivity index (χ1) is 4.68. The number of carbonyl (C=O) groups is 1. The van der Waals surface area contributed by atoms with Crippen molar-refractivity contribution in [3.63, 3.8) is 0 Å². The van der Waals surface area contributed by atoms with Crippen LogP contribution in [0.5, 0.6) is 0 Å². The van der Waals surface area contributed by atoms with E-state index in [0.29, 0.717) is 13.0 Å². The summed E-state index contributed by atoms with van der Waals surface area (Å²) in [7, 11) is 0. The summed E-state index contributed by atoms with van der Waals surface area (Å²) in [5.41, 5.74) is 10.4. The van der Waals surface area contributed by atoms with Crippen molar-refractivity contribution in [1.29, 1.82) is 0 Å². The predicted molar refractivity (Wildman–Crippen MR) is 38.5 cm³/mol. The van der Waals surface area contributed by atoms with E-state index >= 15 is 0 Å². The van der Waals surface area contributed by atoms with Gasteiger partial charge in [-0.1, -0.05) is 6.42 Å². The van der Waals surface area contributed by atoms with Crippen LogP contribution >= 0.6 is 0 Å². The molecular formula is C6H14AgN2O2+. The van der Waals surface area contributed by atoms with Gasteiger partial charge in [-0.3, -0.25) is 4.79 Å². The Morgan fingerprint density at radius 1 is 1.45 bits per heavy atom. The molecule has 5 N–H and O–H groups in total. The zero-order chi connectivity index (χ0) is 7.98. The summed E-state index contributed by atoms with van der Waals surface area (Å²) in [5.74, 6) is -0.933. The molecule has 0 heterocycles. The molecule has 0 fully saturated rings. The zero-order valence-electron chi connectivity index (χ0n) is 6.22. The smallest absolute Gasteiger partial charge is 0.480 e. The zero-order valence-corrected chi connectivity index (χ0v) is 7.70. The summed E-state index contributed by atoms with van der Waals surface area (Å²) in [5, 5.41) is 8.33. The molecule has 0 rings (SSSR count). The summed E-state index contributed by atoms with van der Waals surface area (Å²) >= 11 is 0. The van der Waals surface area contributed by atoms with E-state index in [1.165, 1.54) is 0 Å². The number of nitrogens with two attached hydrogens (primary N) is 2. The molecule has 0 spiro atoms. The van der Waals surface area contributed by atoms with E-state index in [1.54, 1.807) is 0 Å². The molecule has 0 aliphatic rings. The van der Waals surface area contributed by atoms with Crippen molar-refractivity contribution < 1.29 is 32.3 Å². The Morgan fingerprint density at radius 2 is 2.00 bits per heavy atom. The normalized spacial score (nSPS) is 11.8. The van der Waals surface area contributed by atoms with Gasteiger partial charge in [-0.15, -0.1) is 0 Å². The van der Waals surface area contributed by atoms with E-state index < -0.39 is 12.0 Å². The molecule has 5 heteroatoms. The summed E-state index contributed by atoms with van der Waals surface area (Å²) in [4.78, 5) is 10.1. The molecule has 0 aromatic heterocycles. The molecule has 0 aliphatic carbocycles. The first-order valence-corrected chi connectivity index (χ1v) is 3.37. The summed E-state index contributed by atoms with van der Waals surface area (Å²) in [6, 6.07) is -0.716. The molecule has 0 aliphatic heterocycles. The van der Waals surface area contributed by atoms with Crippen molar-refractivity contribution in [2.24, 2.45) is 11.5 Å². The first-order valence-electron chi connectivity index (χ1n) is 3.37. The Balaban J connectivity index is 0. The molecule has 0 aromatic rings. The number of hydrogen-bond donors (Lipinski definition) is 3. The number of rotatable bonds is 5. The summed E-state index contributed by atoms with van der Waals surface area (Å²) in [6.45, 7) is 0.604. The molecular weight excluding hydrogens is 240 g/mol. The monoisotopic (exact) mass is 253 g/mol. The molecule has 0 amide bonds. The molecule has 70 valence electrons. The Morgan fingerprint density at radius 3 is 2.36 bits per heavy atom. The van der Waals surface area contributed by atoms with Crippen molar-refractivity contribution in [3.05, 3.63) is 0 Å². The average Bonchev–Trinajstić information content (AvgIpc) is 1.88. The third-order valence-electron chi connectivity index (χ3n) is 1.29. The van der Waals surface area contributed by atoms with E-state index in [-0.39, 0.29) is 22.4 Å². The van der Waals surface area contributed by atoms with Crippen LogP contribution < -0.4 is 11.5 Å². The van der Waals surface area contributed by atoms with Crippen LogP contribution in [0, 0.1) is 0 Å². The van der Waals surface area contributed by atoms with Gasteiger partial charge >= 0.3 is 28.3 Å². The number of carboxylic acids is 1. The van der Waals surface area contributed by atoms with Gasteiger partial charge in [0, 0.05) is 0 Å². The standard InChI is InChI=1S/C6H14N2O2.Ag/c7-4-2-1-3-5(8)6(9)10;/h5H,1-4,7-8H2,(H,9,10);/q;+1. The SMILES string of the molecule is NCCCCC(N)C(=O)O.[Ag+]. The number of unbranched alkanes of at least 4 members (excludes halogenated alkanes) is 1. The summed E-state index contributed by atoms with van der Waals surface area (Å²) in [6.07, 6.45) is 2.16. The van der Waals surface area contributed by atoms with Crippen LogP contribution in [0.3, 0.4) is 0 Å². The summed E-state index contributed by atoms with van der Waals surface area (Å²) < 4.78 is 0. The minimum atomic E-state index is -0.933. The second-order valence-corrected chi connectivity index (χ2v) is 2.23. The van der Waals surface area contributed by atoms with Gasteiger partial charge in [0.05, 0.1) is 0 Å². The van der Waals surface area contributed by atoms with Crippen LogP contribution in [0.2, 0.25) is 0 Å². The molecule has 1 atom stereocenters. The number of aliphatic carboxylic acids is 1. The Hall–Kier alpha value is 0.130. The van der Waals surface area contributed by atoms with Gasteiger partial charge in [0.15, 0.2) is 0 Å². The van der Waals surface area contributed by atoms with Gasteiger partial charge in [0.25, 0.3) is 0 Å². The van der Waals surface area contributed by atoms with Gasteiger partial charge in [-0.2, -0.15) is 0 Å². The van der Waals surface area contributed by atoms with Gasteiger partial charge in [0.1, 0.15) is 6.04 Å². The van der Waals surface area contributed by atoms with E-state index in [9.17, 15) is 4.79 Å². The van der Waals surface area contributed by atoms with E-state index in [2.05, 4.69) is 0 Å². The van der Waals surface area contributed by atoms with Crippen LogP contribution in [-0.2, 0) is 27.2 Å². The maximum atomic E-state index is 10.1. The second-order valence-electron chi connectivity index (χ2n) is 2.23. The number of carboxylic acid groups (broad SMARTS) is 1. The maximum Gasteiger partial charge on any atom is 1.00 e. The van der Waals surface area contributed by atoms with E-state index in [0.717, 1.165) is 12.8 Å². The van der Waals surface area contributed by atoms with Crippen LogP contribution in [0.25, 0.3) is 0 Å². The van der Waals surface area contributed by atoms with Gasteiger partial charge in [-0.25, -0.2) is 0 Å². The molecule has 0 saturated heterocycles. The van der Waals surface area contributed by atoms with E-state index in [4.69, 9.17) is 16.6 Å². The third-order valence-corrected chi connectivity index (χ3v) is 1.29. The topological polar surface area (TPSA) is 89.3 Å².